The first-order valence-corrected chi connectivity index (χ1v) is 13.4. The number of hydrogen-bond acceptors (Lipinski definition) is 6. The van der Waals surface area contributed by atoms with Gasteiger partial charge in [-0.15, -0.1) is 0 Å². The topological polar surface area (TPSA) is 69.9 Å². The molecule has 5 rings (SSSR count). The number of halogens is 1. The van der Waals surface area contributed by atoms with Crippen LogP contribution in [0.15, 0.2) is 93.9 Å². The first-order chi connectivity index (χ1) is 18.8. The van der Waals surface area contributed by atoms with Gasteiger partial charge in [0, 0.05) is 0 Å². The van der Waals surface area contributed by atoms with Crippen molar-refractivity contribution in [1.82, 2.24) is 4.57 Å². The smallest absolute Gasteiger partial charge is 0.338 e. The van der Waals surface area contributed by atoms with Crippen LogP contribution in [0.5, 0.6) is 5.75 Å². The molecule has 1 atom stereocenters. The molecule has 0 unspecified atom stereocenters. The molecule has 6 nitrogen and oxygen atoms in total. The van der Waals surface area contributed by atoms with Gasteiger partial charge < -0.3 is 9.47 Å². The number of benzene rings is 3. The summed E-state index contributed by atoms with van der Waals surface area (Å²) in [6, 6.07) is 20.7. The lowest BCUT2D eigenvalue weighted by atomic mass is 9.95. The van der Waals surface area contributed by atoms with Crippen LogP contribution in [0, 0.1) is 12.7 Å². The molecule has 2 heterocycles. The van der Waals surface area contributed by atoms with Gasteiger partial charge in [0.2, 0.25) is 0 Å². The van der Waals surface area contributed by atoms with E-state index in [1.54, 1.807) is 48.8 Å². The molecule has 0 aliphatic carbocycles. The minimum absolute atomic E-state index is 0.225. The number of hydrogen-bond donors (Lipinski definition) is 0. The lowest BCUT2D eigenvalue weighted by molar-refractivity contribution is -0.139. The molecule has 0 saturated carbocycles. The van der Waals surface area contributed by atoms with Crippen LogP contribution >= 0.6 is 11.3 Å². The summed E-state index contributed by atoms with van der Waals surface area (Å²) >= 11 is 1.28. The summed E-state index contributed by atoms with van der Waals surface area (Å²) in [7, 11) is 0. The van der Waals surface area contributed by atoms with Gasteiger partial charge in [-0.25, -0.2) is 14.2 Å². The van der Waals surface area contributed by atoms with E-state index in [0.29, 0.717) is 26.4 Å². The van der Waals surface area contributed by atoms with Crippen LogP contribution in [0.25, 0.3) is 6.08 Å². The van der Waals surface area contributed by atoms with Crippen molar-refractivity contribution >= 4 is 23.4 Å². The lowest BCUT2D eigenvalue weighted by Gasteiger charge is -2.24. The Morgan fingerprint density at radius 3 is 2.51 bits per heavy atom. The van der Waals surface area contributed by atoms with Gasteiger partial charge in [-0.05, 0) is 67.8 Å². The van der Waals surface area contributed by atoms with Gasteiger partial charge in [0.05, 0.1) is 28.5 Å². The van der Waals surface area contributed by atoms with Crippen molar-refractivity contribution in [3.05, 3.63) is 132 Å². The van der Waals surface area contributed by atoms with Crippen LogP contribution in [-0.4, -0.2) is 17.1 Å². The summed E-state index contributed by atoms with van der Waals surface area (Å²) < 4.78 is 26.6. The second-order valence-corrected chi connectivity index (χ2v) is 10.2. The maximum atomic E-state index is 13.7. The molecule has 3 aromatic carbocycles. The van der Waals surface area contributed by atoms with Gasteiger partial charge in [-0.1, -0.05) is 65.4 Å². The number of ether oxygens (including phenoxy) is 2. The molecule has 0 fully saturated rings. The predicted molar refractivity (Wildman–Crippen MR) is 149 cm³/mol. The third-order valence-electron chi connectivity index (χ3n) is 6.38. The fourth-order valence-corrected chi connectivity index (χ4v) is 5.51. The van der Waals surface area contributed by atoms with Gasteiger partial charge in [-0.3, -0.25) is 9.36 Å². The summed E-state index contributed by atoms with van der Waals surface area (Å²) in [5.74, 6) is -0.151. The molecule has 0 saturated heterocycles. The van der Waals surface area contributed by atoms with E-state index >= 15 is 0 Å². The summed E-state index contributed by atoms with van der Waals surface area (Å²) in [6.07, 6.45) is 1.80. The van der Waals surface area contributed by atoms with E-state index in [-0.39, 0.29) is 24.6 Å². The number of carbonyl (C=O) groups excluding carboxylic acids is 1. The van der Waals surface area contributed by atoms with Crippen LogP contribution in [0.4, 0.5) is 4.39 Å². The summed E-state index contributed by atoms with van der Waals surface area (Å²) in [4.78, 5) is 31.8. The molecule has 1 aromatic heterocycles. The normalized spacial score (nSPS) is 15.1. The average Bonchev–Trinajstić information content (AvgIpc) is 3.22. The Kier molecular flexibility index (Phi) is 7.56. The Labute approximate surface area is 229 Å². The zero-order valence-corrected chi connectivity index (χ0v) is 22.6. The maximum absolute atomic E-state index is 13.7. The Bertz CT molecular complexity index is 1740. The number of thiazole rings is 1. The number of nitrogens with zero attached hydrogens (tertiary/aromatic N) is 2. The molecule has 0 spiro atoms. The second-order valence-electron chi connectivity index (χ2n) is 9.20. The molecule has 8 heteroatoms. The van der Waals surface area contributed by atoms with Crippen molar-refractivity contribution in [2.24, 2.45) is 4.99 Å². The molecular weight excluding hydrogens is 515 g/mol. The van der Waals surface area contributed by atoms with E-state index in [1.165, 1.54) is 23.5 Å². The molecule has 198 valence electrons. The Morgan fingerprint density at radius 1 is 1.08 bits per heavy atom. The molecule has 1 aliphatic heterocycles. The molecule has 1 aliphatic rings. The van der Waals surface area contributed by atoms with Crippen molar-refractivity contribution in [1.29, 1.82) is 0 Å². The van der Waals surface area contributed by atoms with E-state index in [1.807, 2.05) is 43.3 Å². The molecule has 0 bridgehead atoms. The number of esters is 1. The Balaban J connectivity index is 1.49. The van der Waals surface area contributed by atoms with E-state index in [0.717, 1.165) is 22.3 Å². The third-order valence-corrected chi connectivity index (χ3v) is 7.37. The first-order valence-electron chi connectivity index (χ1n) is 12.6. The van der Waals surface area contributed by atoms with Crippen LogP contribution < -0.4 is 19.6 Å². The van der Waals surface area contributed by atoms with Crippen LogP contribution in [-0.2, 0) is 16.1 Å². The Morgan fingerprint density at radius 2 is 1.82 bits per heavy atom. The van der Waals surface area contributed by atoms with Gasteiger partial charge in [0.1, 0.15) is 18.2 Å². The Hall–Kier alpha value is -4.30. The summed E-state index contributed by atoms with van der Waals surface area (Å²) in [5.41, 5.74) is 4.10. The average molecular weight is 543 g/mol. The summed E-state index contributed by atoms with van der Waals surface area (Å²) in [5, 5.41) is 0. The van der Waals surface area contributed by atoms with Crippen molar-refractivity contribution in [3.8, 4) is 5.75 Å². The number of aromatic nitrogens is 1. The van der Waals surface area contributed by atoms with E-state index in [9.17, 15) is 14.0 Å². The van der Waals surface area contributed by atoms with E-state index < -0.39 is 12.0 Å². The fraction of sp³-hybridized carbons (Fsp3) is 0.194. The first kappa shape index (κ1) is 26.3. The second kappa shape index (κ2) is 11.2. The molecular formula is C31H27FN2O4S. The minimum atomic E-state index is -0.637. The quantitative estimate of drug-likeness (QED) is 0.314. The number of carbonyl (C=O) groups is 1. The van der Waals surface area contributed by atoms with Crippen molar-refractivity contribution in [2.45, 2.75) is 33.4 Å². The van der Waals surface area contributed by atoms with Crippen molar-refractivity contribution in [3.63, 3.8) is 0 Å². The molecule has 39 heavy (non-hydrogen) atoms. The van der Waals surface area contributed by atoms with Gasteiger partial charge in [0.25, 0.3) is 5.56 Å². The van der Waals surface area contributed by atoms with Crippen LogP contribution in [0.2, 0.25) is 0 Å². The largest absolute Gasteiger partial charge is 0.489 e. The molecule has 0 radical (unpaired) electrons. The van der Waals surface area contributed by atoms with Gasteiger partial charge >= 0.3 is 5.97 Å². The standard InChI is InChI=1S/C31H27FN2O4S/c1-4-37-30(36)27-20(3)33-31-34(28(27)23-12-8-19(2)9-13-23)29(35)26(39-31)17-21-10-14-25(15-11-21)38-18-22-6-5-7-24(32)16-22/h5-17,28H,4,18H2,1-3H3/b26-17+/t28-/m1/s1. The third kappa shape index (κ3) is 5.61. The monoisotopic (exact) mass is 542 g/mol. The highest BCUT2D eigenvalue weighted by molar-refractivity contribution is 7.07. The van der Waals surface area contributed by atoms with E-state index in [4.69, 9.17) is 9.47 Å². The molecule has 4 aromatic rings. The SMILES string of the molecule is CCOC(=O)C1=C(C)N=c2s/c(=C/c3ccc(OCc4cccc(F)c4)cc3)c(=O)n2[C@@H]1c1ccc(C)cc1. The maximum Gasteiger partial charge on any atom is 0.338 e. The lowest BCUT2D eigenvalue weighted by Crippen LogP contribution is -2.39. The van der Waals surface area contributed by atoms with Crippen LogP contribution in [0.3, 0.4) is 0 Å². The van der Waals surface area contributed by atoms with Gasteiger partial charge in [0.15, 0.2) is 4.80 Å². The number of fused-ring (bicyclic) bond motifs is 1. The number of allylic oxidation sites excluding steroid dienone is 1. The van der Waals surface area contributed by atoms with Crippen LogP contribution in [0.1, 0.15) is 42.1 Å². The minimum Gasteiger partial charge on any atom is -0.489 e. The molecule has 0 N–H and O–H groups in total. The summed E-state index contributed by atoms with van der Waals surface area (Å²) in [6.45, 7) is 5.98. The highest BCUT2D eigenvalue weighted by Gasteiger charge is 2.33. The van der Waals surface area contributed by atoms with Crippen molar-refractivity contribution < 1.29 is 18.7 Å². The van der Waals surface area contributed by atoms with E-state index in [2.05, 4.69) is 4.99 Å². The van der Waals surface area contributed by atoms with Crippen molar-refractivity contribution in [2.75, 3.05) is 6.61 Å². The fourth-order valence-electron chi connectivity index (χ4n) is 4.46. The highest BCUT2D eigenvalue weighted by atomic mass is 32.1. The number of rotatable bonds is 7. The zero-order chi connectivity index (χ0) is 27.5. The molecule has 0 amide bonds. The number of aryl methyl sites for hydroxylation is 1. The predicted octanol–water partition coefficient (Wildman–Crippen LogP) is 4.82. The van der Waals surface area contributed by atoms with Gasteiger partial charge in [-0.2, -0.15) is 0 Å². The highest BCUT2D eigenvalue weighted by Crippen LogP contribution is 2.30. The zero-order valence-electron chi connectivity index (χ0n) is 21.8.